The number of aromatic nitrogens is 1. The number of halogens is 2. The summed E-state index contributed by atoms with van der Waals surface area (Å²) < 4.78 is 2.01. The summed E-state index contributed by atoms with van der Waals surface area (Å²) in [6, 6.07) is 19.6. The average molecular weight is 586 g/mol. The number of nitrogens with zero attached hydrogens (tertiary/aromatic N) is 4. The number of carboxylic acid groups (broad SMARTS) is 1. The number of carboxylic acids is 1. The third-order valence-corrected chi connectivity index (χ3v) is 6.99. The van der Waals surface area contributed by atoms with E-state index in [1.807, 2.05) is 42.5 Å². The first kappa shape index (κ1) is 26.6. The van der Waals surface area contributed by atoms with Crippen LogP contribution in [0.1, 0.15) is 28.0 Å². The summed E-state index contributed by atoms with van der Waals surface area (Å²) in [5, 5.41) is 9.41. The van der Waals surface area contributed by atoms with Crippen molar-refractivity contribution in [3.63, 3.8) is 0 Å². The first-order chi connectivity index (χ1) is 17.8. The molecule has 4 rings (SSSR count). The number of benzene rings is 2. The molecule has 1 aromatic heterocycles. The highest BCUT2D eigenvalue weighted by Crippen LogP contribution is 2.27. The Kier molecular flexibility index (Phi) is 8.78. The minimum atomic E-state index is -0.920. The molecular weight excluding hydrogens is 560 g/mol. The Labute approximate surface area is 228 Å². The first-order valence-electron chi connectivity index (χ1n) is 11.8. The van der Waals surface area contributed by atoms with Crippen molar-refractivity contribution in [2.45, 2.75) is 19.4 Å². The molecule has 3 amide bonds. The predicted molar refractivity (Wildman–Crippen MR) is 144 cm³/mol. The number of carbonyl (C=O) groups excluding carboxylic acids is 2. The van der Waals surface area contributed by atoms with Crippen LogP contribution in [-0.2, 0) is 17.8 Å². The Morgan fingerprint density at radius 3 is 2.49 bits per heavy atom. The summed E-state index contributed by atoms with van der Waals surface area (Å²) in [6.07, 6.45) is 2.12. The van der Waals surface area contributed by atoms with E-state index >= 15 is 0 Å². The number of aliphatic carboxylic acids is 1. The zero-order valence-corrected chi connectivity index (χ0v) is 22.3. The van der Waals surface area contributed by atoms with Gasteiger partial charge >= 0.3 is 12.0 Å². The number of hydrogen-bond acceptors (Lipinski definition) is 4. The second kappa shape index (κ2) is 12.2. The zero-order chi connectivity index (χ0) is 26.4. The average Bonchev–Trinajstić information content (AvgIpc) is 2.90. The second-order valence-corrected chi connectivity index (χ2v) is 10.2. The van der Waals surface area contributed by atoms with E-state index in [4.69, 9.17) is 11.8 Å². The van der Waals surface area contributed by atoms with Gasteiger partial charge < -0.3 is 10.0 Å². The van der Waals surface area contributed by atoms with Crippen LogP contribution in [0.15, 0.2) is 77.4 Å². The molecule has 1 unspecified atom stereocenters. The van der Waals surface area contributed by atoms with Crippen molar-refractivity contribution < 1.29 is 19.5 Å². The van der Waals surface area contributed by atoms with Crippen LogP contribution in [-0.4, -0.2) is 57.0 Å². The Hall–Kier alpha value is -3.43. The lowest BCUT2D eigenvalue weighted by Crippen LogP contribution is -2.53. The maximum absolute atomic E-state index is 13.5. The van der Waals surface area contributed by atoms with Gasteiger partial charge in [0.2, 0.25) is 0 Å². The molecule has 1 N–H and O–H groups in total. The monoisotopic (exact) mass is 584 g/mol. The van der Waals surface area contributed by atoms with Crippen LogP contribution in [0.5, 0.6) is 0 Å². The Bertz CT molecular complexity index is 1260. The van der Waals surface area contributed by atoms with E-state index < -0.39 is 5.97 Å². The largest absolute Gasteiger partial charge is 0.481 e. The molecule has 0 bridgehead atoms. The lowest BCUT2D eigenvalue weighted by Gasteiger charge is -2.40. The van der Waals surface area contributed by atoms with E-state index in [1.165, 1.54) is 0 Å². The van der Waals surface area contributed by atoms with E-state index in [0.717, 1.165) is 14.6 Å². The summed E-state index contributed by atoms with van der Waals surface area (Å²) in [4.78, 5) is 45.6. The molecule has 1 fully saturated rings. The van der Waals surface area contributed by atoms with Crippen LogP contribution in [0.25, 0.3) is 0 Å². The van der Waals surface area contributed by atoms with Crippen molar-refractivity contribution in [2.24, 2.45) is 5.92 Å². The Morgan fingerprint density at radius 1 is 1.05 bits per heavy atom. The third kappa shape index (κ3) is 6.87. The topological polar surface area (TPSA) is 94.0 Å². The SMILES string of the molecule is O=C(O)CC1CN(Cc2ccccc2C(=O)N(Cl)CCc2ccccn2)C(=O)N(c2ccc(Br)cc2)C1. The maximum Gasteiger partial charge on any atom is 0.324 e. The van der Waals surface area contributed by atoms with Gasteiger partial charge in [-0.25, -0.2) is 4.79 Å². The first-order valence-corrected chi connectivity index (χ1v) is 12.9. The molecule has 0 saturated carbocycles. The molecule has 1 aliphatic heterocycles. The number of anilines is 1. The number of carbonyl (C=O) groups is 3. The number of rotatable bonds is 9. The molecule has 10 heteroatoms. The molecule has 1 aliphatic rings. The van der Waals surface area contributed by atoms with Crippen molar-refractivity contribution in [3.8, 4) is 0 Å². The van der Waals surface area contributed by atoms with E-state index in [2.05, 4.69) is 20.9 Å². The van der Waals surface area contributed by atoms with Crippen molar-refractivity contribution in [3.05, 3.63) is 94.2 Å². The van der Waals surface area contributed by atoms with Gasteiger partial charge in [0.05, 0.1) is 6.42 Å². The van der Waals surface area contributed by atoms with Crippen LogP contribution in [0, 0.1) is 5.92 Å². The second-order valence-electron chi connectivity index (χ2n) is 8.83. The van der Waals surface area contributed by atoms with Gasteiger partial charge in [0.15, 0.2) is 0 Å². The molecule has 2 heterocycles. The summed E-state index contributed by atoms with van der Waals surface area (Å²) in [5.74, 6) is -1.56. The molecule has 192 valence electrons. The van der Waals surface area contributed by atoms with Crippen molar-refractivity contribution in [1.82, 2.24) is 14.3 Å². The van der Waals surface area contributed by atoms with Gasteiger partial charge in [-0.3, -0.25) is 23.9 Å². The Balaban J connectivity index is 1.53. The number of hydrogen-bond donors (Lipinski definition) is 1. The number of amides is 3. The fourth-order valence-corrected chi connectivity index (χ4v) is 4.80. The van der Waals surface area contributed by atoms with Crippen LogP contribution in [0.4, 0.5) is 10.5 Å². The van der Waals surface area contributed by atoms with E-state index in [9.17, 15) is 19.5 Å². The lowest BCUT2D eigenvalue weighted by atomic mass is 9.99. The van der Waals surface area contributed by atoms with Gasteiger partial charge in [-0.15, -0.1) is 0 Å². The van der Waals surface area contributed by atoms with Gasteiger partial charge in [0, 0.05) is 77.9 Å². The van der Waals surface area contributed by atoms with Crippen molar-refractivity contribution >= 4 is 51.3 Å². The summed E-state index contributed by atoms with van der Waals surface area (Å²) in [5.41, 5.74) is 2.53. The van der Waals surface area contributed by atoms with Crippen LogP contribution >= 0.6 is 27.7 Å². The number of urea groups is 1. The standard InChI is InChI=1S/C27H26BrClN4O4/c28-21-8-10-23(11-9-21)32-17-19(15-25(34)35)16-31(27(32)37)18-20-5-1-2-7-24(20)26(36)33(29)14-12-22-6-3-4-13-30-22/h1-11,13,19H,12,14-18H2,(H,34,35). The summed E-state index contributed by atoms with van der Waals surface area (Å²) in [7, 11) is 0. The molecule has 37 heavy (non-hydrogen) atoms. The Morgan fingerprint density at radius 2 is 1.78 bits per heavy atom. The fraction of sp³-hybridized carbons (Fsp3) is 0.259. The maximum atomic E-state index is 13.5. The lowest BCUT2D eigenvalue weighted by molar-refractivity contribution is -0.138. The molecule has 0 spiro atoms. The van der Waals surface area contributed by atoms with E-state index in [0.29, 0.717) is 29.8 Å². The highest BCUT2D eigenvalue weighted by atomic mass is 79.9. The smallest absolute Gasteiger partial charge is 0.324 e. The van der Waals surface area contributed by atoms with Crippen LogP contribution in [0.2, 0.25) is 0 Å². The minimum Gasteiger partial charge on any atom is -0.481 e. The third-order valence-electron chi connectivity index (χ3n) is 6.14. The van der Waals surface area contributed by atoms with Gasteiger partial charge in [-0.2, -0.15) is 0 Å². The molecule has 0 radical (unpaired) electrons. The van der Waals surface area contributed by atoms with E-state index in [1.54, 1.807) is 40.3 Å². The summed E-state index contributed by atoms with van der Waals surface area (Å²) in [6.45, 7) is 0.985. The van der Waals surface area contributed by atoms with Crippen molar-refractivity contribution in [2.75, 3.05) is 24.5 Å². The highest BCUT2D eigenvalue weighted by molar-refractivity contribution is 9.10. The molecular formula is C27H26BrClN4O4. The molecule has 3 aromatic rings. The van der Waals surface area contributed by atoms with Gasteiger partial charge in [0.25, 0.3) is 5.91 Å². The van der Waals surface area contributed by atoms with E-state index in [-0.39, 0.29) is 43.9 Å². The van der Waals surface area contributed by atoms with Crippen LogP contribution < -0.4 is 4.90 Å². The van der Waals surface area contributed by atoms with Gasteiger partial charge in [-0.1, -0.05) is 40.2 Å². The summed E-state index contributed by atoms with van der Waals surface area (Å²) >= 11 is 9.75. The highest BCUT2D eigenvalue weighted by Gasteiger charge is 2.34. The van der Waals surface area contributed by atoms with Crippen LogP contribution in [0.3, 0.4) is 0 Å². The molecule has 8 nitrogen and oxygen atoms in total. The van der Waals surface area contributed by atoms with Gasteiger partial charge in [-0.05, 0) is 48.0 Å². The normalized spacial score (nSPS) is 15.5. The fourth-order valence-electron chi connectivity index (χ4n) is 4.36. The zero-order valence-electron chi connectivity index (χ0n) is 20.0. The molecule has 1 saturated heterocycles. The van der Waals surface area contributed by atoms with Crippen molar-refractivity contribution in [1.29, 1.82) is 0 Å². The van der Waals surface area contributed by atoms with Gasteiger partial charge in [0.1, 0.15) is 0 Å². The number of pyridine rings is 1. The minimum absolute atomic E-state index is 0.0691. The molecule has 0 aliphatic carbocycles. The quantitative estimate of drug-likeness (QED) is 0.348. The molecule has 2 aromatic carbocycles. The molecule has 1 atom stereocenters. The predicted octanol–water partition coefficient (Wildman–Crippen LogP) is 5.22.